The van der Waals surface area contributed by atoms with E-state index in [-0.39, 0.29) is 5.97 Å². The first-order valence-corrected chi connectivity index (χ1v) is 5.94. The van der Waals surface area contributed by atoms with Crippen molar-refractivity contribution in [2.45, 2.75) is 20.4 Å². The van der Waals surface area contributed by atoms with Crippen LogP contribution >= 0.6 is 0 Å². The molecule has 0 saturated carbocycles. The molecule has 0 atom stereocenters. The second kappa shape index (κ2) is 5.49. The normalized spacial score (nSPS) is 10.3. The van der Waals surface area contributed by atoms with Crippen LogP contribution in [0.1, 0.15) is 28.7 Å². The Labute approximate surface area is 106 Å². The summed E-state index contributed by atoms with van der Waals surface area (Å²) in [5.41, 5.74) is 2.35. The van der Waals surface area contributed by atoms with Crippen LogP contribution in [0, 0.1) is 6.92 Å². The second-order valence-corrected chi connectivity index (χ2v) is 4.08. The third-order valence-corrected chi connectivity index (χ3v) is 2.65. The molecule has 0 radical (unpaired) electrons. The number of ether oxygens (including phenoxy) is 1. The van der Waals surface area contributed by atoms with E-state index in [4.69, 9.17) is 4.74 Å². The molecule has 0 unspecified atom stereocenters. The molecule has 1 aromatic heterocycles. The molecule has 18 heavy (non-hydrogen) atoms. The van der Waals surface area contributed by atoms with E-state index in [2.05, 4.69) is 17.1 Å². The van der Waals surface area contributed by atoms with Crippen LogP contribution in [0.3, 0.4) is 0 Å². The molecule has 0 spiro atoms. The number of hydrogen-bond donors (Lipinski definition) is 0. The van der Waals surface area contributed by atoms with Gasteiger partial charge in [0.1, 0.15) is 0 Å². The Morgan fingerprint density at radius 1 is 1.33 bits per heavy atom. The van der Waals surface area contributed by atoms with Crippen LogP contribution in [-0.2, 0) is 11.3 Å². The summed E-state index contributed by atoms with van der Waals surface area (Å²) in [7, 11) is 0. The molecule has 0 amide bonds. The highest BCUT2D eigenvalue weighted by molar-refractivity contribution is 5.85. The molecule has 2 rings (SSSR count). The Hall–Kier alpha value is -2.10. The van der Waals surface area contributed by atoms with E-state index in [1.165, 1.54) is 5.56 Å². The summed E-state index contributed by atoms with van der Waals surface area (Å²) in [5, 5.41) is 0. The number of hydrogen-bond acceptors (Lipinski definition) is 3. The molecule has 2 aromatic rings. The topological polar surface area (TPSA) is 44.1 Å². The molecule has 0 fully saturated rings. The highest BCUT2D eigenvalue weighted by Gasteiger charge is 2.13. The number of rotatable bonds is 4. The van der Waals surface area contributed by atoms with Gasteiger partial charge in [-0.05, 0) is 19.4 Å². The molecule has 1 heterocycles. The summed E-state index contributed by atoms with van der Waals surface area (Å²) in [5.74, 6) is -0.0352. The number of aromatic nitrogens is 2. The van der Waals surface area contributed by atoms with E-state index >= 15 is 0 Å². The molecule has 0 N–H and O–H groups in total. The van der Waals surface area contributed by atoms with E-state index in [0.29, 0.717) is 19.0 Å². The van der Waals surface area contributed by atoms with E-state index in [1.807, 2.05) is 19.1 Å². The molecular weight excluding hydrogens is 228 g/mol. The summed E-state index contributed by atoms with van der Waals surface area (Å²) >= 11 is 0. The van der Waals surface area contributed by atoms with E-state index in [1.54, 1.807) is 23.9 Å². The monoisotopic (exact) mass is 244 g/mol. The summed E-state index contributed by atoms with van der Waals surface area (Å²) in [6.07, 6.45) is 3.40. The lowest BCUT2D eigenvalue weighted by Crippen LogP contribution is -2.13. The van der Waals surface area contributed by atoms with Gasteiger partial charge >= 0.3 is 5.97 Å². The average Bonchev–Trinajstić information content (AvgIpc) is 2.81. The van der Waals surface area contributed by atoms with Gasteiger partial charge in [0.2, 0.25) is 5.82 Å². The molecule has 0 aliphatic heterocycles. The van der Waals surface area contributed by atoms with Crippen molar-refractivity contribution in [1.82, 2.24) is 9.55 Å². The van der Waals surface area contributed by atoms with Crippen molar-refractivity contribution in [2.24, 2.45) is 0 Å². The lowest BCUT2D eigenvalue weighted by atomic mass is 10.1. The number of carbonyl (C=O) groups excluding carboxylic acids is 1. The number of esters is 1. The van der Waals surface area contributed by atoms with Gasteiger partial charge in [0.15, 0.2) is 0 Å². The summed E-state index contributed by atoms with van der Waals surface area (Å²) in [6, 6.07) is 8.20. The standard InChI is InChI=1S/C14H16N2O2/c1-3-18-14(17)13-15-8-9-16(13)10-12-6-4-11(2)5-7-12/h4-9H,3,10H2,1-2H3. The first-order valence-electron chi connectivity index (χ1n) is 5.94. The van der Waals surface area contributed by atoms with Gasteiger partial charge in [-0.1, -0.05) is 29.8 Å². The van der Waals surface area contributed by atoms with Gasteiger partial charge < -0.3 is 9.30 Å². The van der Waals surface area contributed by atoms with Gasteiger partial charge in [-0.3, -0.25) is 0 Å². The van der Waals surface area contributed by atoms with Gasteiger partial charge in [-0.25, -0.2) is 9.78 Å². The molecule has 0 saturated heterocycles. The van der Waals surface area contributed by atoms with Crippen molar-refractivity contribution in [2.75, 3.05) is 6.61 Å². The van der Waals surface area contributed by atoms with Crippen LogP contribution in [0.2, 0.25) is 0 Å². The number of carbonyl (C=O) groups is 1. The van der Waals surface area contributed by atoms with Crippen LogP contribution in [0.15, 0.2) is 36.7 Å². The maximum atomic E-state index is 11.7. The Kier molecular flexibility index (Phi) is 3.77. The molecule has 0 bridgehead atoms. The van der Waals surface area contributed by atoms with Crippen LogP contribution in [0.25, 0.3) is 0 Å². The van der Waals surface area contributed by atoms with Crippen molar-refractivity contribution < 1.29 is 9.53 Å². The third-order valence-electron chi connectivity index (χ3n) is 2.65. The minimum absolute atomic E-state index is 0.345. The highest BCUT2D eigenvalue weighted by atomic mass is 16.5. The van der Waals surface area contributed by atoms with Crippen molar-refractivity contribution in [3.05, 3.63) is 53.6 Å². The predicted molar refractivity (Wildman–Crippen MR) is 68.5 cm³/mol. The fourth-order valence-electron chi connectivity index (χ4n) is 1.71. The average molecular weight is 244 g/mol. The predicted octanol–water partition coefficient (Wildman–Crippen LogP) is 2.42. The van der Waals surface area contributed by atoms with Crippen molar-refractivity contribution >= 4 is 5.97 Å². The largest absolute Gasteiger partial charge is 0.460 e. The molecule has 0 aliphatic carbocycles. The maximum Gasteiger partial charge on any atom is 0.374 e. The SMILES string of the molecule is CCOC(=O)c1nccn1Cc1ccc(C)cc1. The summed E-state index contributed by atoms with van der Waals surface area (Å²) in [4.78, 5) is 15.7. The lowest BCUT2D eigenvalue weighted by molar-refractivity contribution is 0.0507. The molecule has 4 heteroatoms. The first kappa shape index (κ1) is 12.4. The van der Waals surface area contributed by atoms with Crippen LogP contribution in [-0.4, -0.2) is 22.1 Å². The fourth-order valence-corrected chi connectivity index (χ4v) is 1.71. The van der Waals surface area contributed by atoms with Crippen LogP contribution < -0.4 is 0 Å². The van der Waals surface area contributed by atoms with Gasteiger partial charge in [-0.2, -0.15) is 0 Å². The maximum absolute atomic E-state index is 11.7. The molecule has 1 aromatic carbocycles. The van der Waals surface area contributed by atoms with E-state index in [0.717, 1.165) is 5.56 Å². The van der Waals surface area contributed by atoms with E-state index in [9.17, 15) is 4.79 Å². The zero-order valence-corrected chi connectivity index (χ0v) is 10.6. The number of benzene rings is 1. The molecule has 4 nitrogen and oxygen atoms in total. The number of imidazole rings is 1. The van der Waals surface area contributed by atoms with Gasteiger partial charge in [0, 0.05) is 18.9 Å². The minimum atomic E-state index is -0.380. The molecule has 94 valence electrons. The molecular formula is C14H16N2O2. The van der Waals surface area contributed by atoms with Gasteiger partial charge in [0.25, 0.3) is 0 Å². The van der Waals surface area contributed by atoms with Crippen molar-refractivity contribution in [3.8, 4) is 0 Å². The second-order valence-electron chi connectivity index (χ2n) is 4.08. The zero-order chi connectivity index (χ0) is 13.0. The van der Waals surface area contributed by atoms with Gasteiger partial charge in [-0.15, -0.1) is 0 Å². The van der Waals surface area contributed by atoms with Crippen LogP contribution in [0.5, 0.6) is 0 Å². The van der Waals surface area contributed by atoms with Gasteiger partial charge in [0.05, 0.1) is 6.61 Å². The Bertz CT molecular complexity index is 529. The third kappa shape index (κ3) is 2.77. The quantitative estimate of drug-likeness (QED) is 0.776. The van der Waals surface area contributed by atoms with Crippen LogP contribution in [0.4, 0.5) is 0 Å². The Balaban J connectivity index is 2.17. The minimum Gasteiger partial charge on any atom is -0.460 e. The lowest BCUT2D eigenvalue weighted by Gasteiger charge is -2.07. The highest BCUT2D eigenvalue weighted by Crippen LogP contribution is 2.08. The Morgan fingerprint density at radius 2 is 2.06 bits per heavy atom. The number of nitrogens with zero attached hydrogens (tertiary/aromatic N) is 2. The summed E-state index contributed by atoms with van der Waals surface area (Å²) in [6.45, 7) is 4.81. The smallest absolute Gasteiger partial charge is 0.374 e. The van der Waals surface area contributed by atoms with E-state index < -0.39 is 0 Å². The Morgan fingerprint density at radius 3 is 2.72 bits per heavy atom. The molecule has 0 aliphatic rings. The summed E-state index contributed by atoms with van der Waals surface area (Å²) < 4.78 is 6.76. The number of aryl methyl sites for hydroxylation is 1. The van der Waals surface area contributed by atoms with Crippen molar-refractivity contribution in [1.29, 1.82) is 0 Å². The first-order chi connectivity index (χ1) is 8.70. The fraction of sp³-hybridized carbons (Fsp3) is 0.286. The van der Waals surface area contributed by atoms with Crippen molar-refractivity contribution in [3.63, 3.8) is 0 Å². The zero-order valence-electron chi connectivity index (χ0n) is 10.6.